The molecule has 0 aliphatic carbocycles. The third kappa shape index (κ3) is 7.71. The molecule has 2 N–H and O–H groups in total. The Morgan fingerprint density at radius 2 is 1.85 bits per heavy atom. The summed E-state index contributed by atoms with van der Waals surface area (Å²) in [6, 6.07) is 12.8. The largest absolute Gasteiger partial charge is 0.481 e. The highest BCUT2D eigenvalue weighted by Crippen LogP contribution is 2.27. The summed E-state index contributed by atoms with van der Waals surface area (Å²) in [4.78, 5) is 24.7. The standard InChI is InChI=1S/C26H30FNO5/c27-20-8-6-10-23(18-20)33-22-9-5-7-19(17-22)24(29)14-12-21-13-15-25(30)28(21)16-4-2-1-3-11-26(31)32/h5-10,12,14,17-18,21,24,29H,1-4,11,13,15-16H2,(H,31,32)/b14-12+/t21?,24-/m1/s1. The molecule has 1 fully saturated rings. The Labute approximate surface area is 193 Å². The number of hydrogen-bond donors (Lipinski definition) is 2. The van der Waals surface area contributed by atoms with Crippen molar-refractivity contribution in [3.8, 4) is 11.5 Å². The van der Waals surface area contributed by atoms with Crippen LogP contribution in [0.25, 0.3) is 0 Å². The van der Waals surface area contributed by atoms with E-state index in [9.17, 15) is 19.1 Å². The zero-order chi connectivity index (χ0) is 23.6. The number of carbonyl (C=O) groups is 2. The molecule has 7 heteroatoms. The number of aliphatic hydroxyl groups is 1. The maximum Gasteiger partial charge on any atom is 0.303 e. The van der Waals surface area contributed by atoms with Crippen LogP contribution in [0.5, 0.6) is 11.5 Å². The number of unbranched alkanes of at least 4 members (excludes halogenated alkanes) is 3. The van der Waals surface area contributed by atoms with Crippen LogP contribution in [0.2, 0.25) is 0 Å². The van der Waals surface area contributed by atoms with E-state index in [1.807, 2.05) is 11.0 Å². The second kappa shape index (κ2) is 12.2. The molecule has 1 aliphatic heterocycles. The van der Waals surface area contributed by atoms with Crippen LogP contribution in [0, 0.1) is 5.82 Å². The number of carboxylic acid groups (broad SMARTS) is 1. The molecule has 0 spiro atoms. The topological polar surface area (TPSA) is 87.1 Å². The smallest absolute Gasteiger partial charge is 0.303 e. The van der Waals surface area contributed by atoms with Gasteiger partial charge < -0.3 is 19.8 Å². The Bertz CT molecular complexity index is 977. The van der Waals surface area contributed by atoms with E-state index < -0.39 is 12.1 Å². The number of hydrogen-bond acceptors (Lipinski definition) is 4. The zero-order valence-electron chi connectivity index (χ0n) is 18.5. The fourth-order valence-corrected chi connectivity index (χ4v) is 3.93. The maximum absolute atomic E-state index is 13.4. The molecule has 2 aromatic rings. The lowest BCUT2D eigenvalue weighted by Crippen LogP contribution is -2.32. The monoisotopic (exact) mass is 455 g/mol. The second-order valence-electron chi connectivity index (χ2n) is 8.21. The van der Waals surface area contributed by atoms with Gasteiger partial charge in [-0.3, -0.25) is 9.59 Å². The number of halogens is 1. The molecule has 2 atom stereocenters. The minimum absolute atomic E-state index is 0.0575. The summed E-state index contributed by atoms with van der Waals surface area (Å²) in [7, 11) is 0. The average molecular weight is 456 g/mol. The Morgan fingerprint density at radius 3 is 2.61 bits per heavy atom. The van der Waals surface area contributed by atoms with Gasteiger partial charge in [-0.2, -0.15) is 0 Å². The van der Waals surface area contributed by atoms with E-state index in [0.29, 0.717) is 42.9 Å². The molecule has 0 bridgehead atoms. The van der Waals surface area contributed by atoms with E-state index in [-0.39, 0.29) is 24.2 Å². The van der Waals surface area contributed by atoms with Gasteiger partial charge in [0, 0.05) is 25.5 Å². The van der Waals surface area contributed by atoms with Gasteiger partial charge in [-0.05, 0) is 49.1 Å². The summed E-state index contributed by atoms with van der Waals surface area (Å²) in [5.74, 6) is -0.191. The lowest BCUT2D eigenvalue weighted by Gasteiger charge is -2.22. The fourth-order valence-electron chi connectivity index (χ4n) is 3.93. The van der Waals surface area contributed by atoms with Crippen molar-refractivity contribution in [2.24, 2.45) is 0 Å². The van der Waals surface area contributed by atoms with Crippen LogP contribution in [0.4, 0.5) is 4.39 Å². The van der Waals surface area contributed by atoms with Crippen molar-refractivity contribution in [1.29, 1.82) is 0 Å². The molecule has 1 heterocycles. The van der Waals surface area contributed by atoms with Gasteiger partial charge in [-0.1, -0.05) is 43.2 Å². The normalized spacial score (nSPS) is 17.0. The highest BCUT2D eigenvalue weighted by atomic mass is 19.1. The van der Waals surface area contributed by atoms with Crippen LogP contribution >= 0.6 is 0 Å². The van der Waals surface area contributed by atoms with Crippen molar-refractivity contribution in [2.45, 2.75) is 57.1 Å². The highest BCUT2D eigenvalue weighted by Gasteiger charge is 2.28. The summed E-state index contributed by atoms with van der Waals surface area (Å²) in [5, 5.41) is 19.3. The van der Waals surface area contributed by atoms with Gasteiger partial charge in [-0.15, -0.1) is 0 Å². The Hall–Kier alpha value is -3.19. The summed E-state index contributed by atoms with van der Waals surface area (Å²) in [5.41, 5.74) is 0.634. The van der Waals surface area contributed by atoms with Crippen molar-refractivity contribution in [3.63, 3.8) is 0 Å². The number of ether oxygens (including phenoxy) is 1. The van der Waals surface area contributed by atoms with Gasteiger partial charge in [0.15, 0.2) is 0 Å². The van der Waals surface area contributed by atoms with Gasteiger partial charge >= 0.3 is 5.97 Å². The molecule has 1 saturated heterocycles. The molecular formula is C26H30FNO5. The van der Waals surface area contributed by atoms with Crippen LogP contribution in [-0.2, 0) is 9.59 Å². The van der Waals surface area contributed by atoms with Gasteiger partial charge in [0.2, 0.25) is 5.91 Å². The minimum atomic E-state index is -0.866. The van der Waals surface area contributed by atoms with E-state index in [1.165, 1.54) is 12.1 Å². The molecule has 33 heavy (non-hydrogen) atoms. The molecular weight excluding hydrogens is 425 g/mol. The predicted octanol–water partition coefficient (Wildman–Crippen LogP) is 5.23. The third-order valence-electron chi connectivity index (χ3n) is 5.66. The molecule has 3 rings (SSSR count). The summed E-state index contributed by atoms with van der Waals surface area (Å²) in [6.07, 6.45) is 7.28. The average Bonchev–Trinajstić information content (AvgIpc) is 3.13. The first-order valence-electron chi connectivity index (χ1n) is 11.3. The predicted molar refractivity (Wildman–Crippen MR) is 122 cm³/mol. The molecule has 6 nitrogen and oxygen atoms in total. The number of carboxylic acids is 1. The molecule has 1 aliphatic rings. The van der Waals surface area contributed by atoms with E-state index >= 15 is 0 Å². The number of amides is 1. The SMILES string of the molecule is O=C(O)CCCCCCN1C(=O)CCC1/C=C/[C@@H](O)c1cccc(Oc2cccc(F)c2)c1. The van der Waals surface area contributed by atoms with Crippen LogP contribution in [0.3, 0.4) is 0 Å². The van der Waals surface area contributed by atoms with E-state index in [4.69, 9.17) is 9.84 Å². The van der Waals surface area contributed by atoms with E-state index in [0.717, 1.165) is 19.3 Å². The highest BCUT2D eigenvalue weighted by molar-refractivity contribution is 5.79. The van der Waals surface area contributed by atoms with Gasteiger partial charge in [0.25, 0.3) is 0 Å². The minimum Gasteiger partial charge on any atom is -0.481 e. The number of likely N-dealkylation sites (tertiary alicyclic amines) is 1. The number of aliphatic carboxylic acids is 1. The van der Waals surface area contributed by atoms with Crippen LogP contribution < -0.4 is 4.74 Å². The molecule has 0 radical (unpaired) electrons. The summed E-state index contributed by atoms with van der Waals surface area (Å²) in [6.45, 7) is 0.633. The first-order valence-corrected chi connectivity index (χ1v) is 11.3. The Kier molecular flexibility index (Phi) is 9.01. The summed E-state index contributed by atoms with van der Waals surface area (Å²) < 4.78 is 19.1. The quantitative estimate of drug-likeness (QED) is 0.338. The van der Waals surface area contributed by atoms with Crippen molar-refractivity contribution >= 4 is 11.9 Å². The molecule has 176 valence electrons. The summed E-state index contributed by atoms with van der Waals surface area (Å²) >= 11 is 0. The van der Waals surface area contributed by atoms with Crippen LogP contribution in [0.15, 0.2) is 60.7 Å². The van der Waals surface area contributed by atoms with Gasteiger partial charge in [-0.25, -0.2) is 4.39 Å². The number of rotatable bonds is 12. The van der Waals surface area contributed by atoms with Gasteiger partial charge in [0.05, 0.1) is 12.1 Å². The van der Waals surface area contributed by atoms with Crippen molar-refractivity contribution in [1.82, 2.24) is 4.90 Å². The number of aliphatic hydroxyl groups excluding tert-OH is 1. The maximum atomic E-state index is 13.4. The lowest BCUT2D eigenvalue weighted by molar-refractivity contribution is -0.137. The number of benzene rings is 2. The fraction of sp³-hybridized carbons (Fsp3) is 0.385. The molecule has 2 aromatic carbocycles. The van der Waals surface area contributed by atoms with Crippen molar-refractivity contribution in [3.05, 3.63) is 72.1 Å². The number of nitrogens with zero attached hydrogens (tertiary/aromatic N) is 1. The number of carbonyl (C=O) groups excluding carboxylic acids is 1. The van der Waals surface area contributed by atoms with Crippen molar-refractivity contribution in [2.75, 3.05) is 6.54 Å². The molecule has 0 saturated carbocycles. The Morgan fingerprint density at radius 1 is 1.12 bits per heavy atom. The molecule has 1 unspecified atom stereocenters. The third-order valence-corrected chi connectivity index (χ3v) is 5.66. The van der Waals surface area contributed by atoms with Crippen molar-refractivity contribution < 1.29 is 28.9 Å². The van der Waals surface area contributed by atoms with Crippen LogP contribution in [-0.4, -0.2) is 39.6 Å². The first-order chi connectivity index (χ1) is 15.9. The van der Waals surface area contributed by atoms with E-state index in [1.54, 1.807) is 42.5 Å². The zero-order valence-corrected chi connectivity index (χ0v) is 18.5. The van der Waals surface area contributed by atoms with Gasteiger partial charge in [0.1, 0.15) is 17.3 Å². The molecule has 1 amide bonds. The first kappa shape index (κ1) is 24.5. The lowest BCUT2D eigenvalue weighted by atomic mass is 10.1. The van der Waals surface area contributed by atoms with E-state index in [2.05, 4.69) is 0 Å². The Balaban J connectivity index is 1.53. The van der Waals surface area contributed by atoms with Crippen LogP contribution in [0.1, 0.15) is 56.6 Å². The second-order valence-corrected chi connectivity index (χ2v) is 8.21. The molecule has 0 aromatic heterocycles.